The zero-order valence-corrected chi connectivity index (χ0v) is 18.8. The highest BCUT2D eigenvalue weighted by Gasteiger charge is 2.38. The van der Waals surface area contributed by atoms with Crippen LogP contribution in [-0.2, 0) is 9.59 Å². The molecule has 1 heterocycles. The molecular weight excluding hydrogens is 419 g/mol. The molecule has 0 saturated heterocycles. The van der Waals surface area contributed by atoms with Crippen LogP contribution in [0.15, 0.2) is 78.9 Å². The van der Waals surface area contributed by atoms with Crippen LogP contribution in [-0.4, -0.2) is 24.5 Å². The van der Waals surface area contributed by atoms with E-state index < -0.39 is 0 Å². The van der Waals surface area contributed by atoms with Crippen LogP contribution in [0.3, 0.4) is 0 Å². The van der Waals surface area contributed by atoms with E-state index in [1.54, 1.807) is 4.90 Å². The fraction of sp³-hybridized carbons (Fsp3) is 0.259. The fourth-order valence-electron chi connectivity index (χ4n) is 4.41. The van der Waals surface area contributed by atoms with Crippen molar-refractivity contribution < 1.29 is 18.7 Å². The molecule has 0 bridgehead atoms. The first-order valence-electron chi connectivity index (χ1n) is 11.2. The standard InChI is InChI=1S/C27H27FN2O3/c1-3-26(31)29-19(2)17-25(23-11-7-8-12-24(23)29)30(21-9-5-4-6-10-21)27(32)18-33-22-15-13-20(28)14-16-22/h4-16,19,25H,3,17-18H2,1-2H3/t19-,25-/m0/s1. The molecule has 0 aromatic heterocycles. The lowest BCUT2D eigenvalue weighted by atomic mass is 9.89. The number of para-hydroxylation sites is 2. The zero-order chi connectivity index (χ0) is 23.4. The second-order valence-corrected chi connectivity index (χ2v) is 8.12. The molecule has 2 amide bonds. The Hall–Kier alpha value is -3.67. The van der Waals surface area contributed by atoms with E-state index in [0.717, 1.165) is 16.9 Å². The van der Waals surface area contributed by atoms with Crippen LogP contribution < -0.4 is 14.5 Å². The maximum absolute atomic E-state index is 13.5. The lowest BCUT2D eigenvalue weighted by Gasteiger charge is -2.43. The SMILES string of the molecule is CCC(=O)N1c2ccccc2[C@@H](N(C(=O)COc2ccc(F)cc2)c2ccccc2)C[C@@H]1C. The van der Waals surface area contributed by atoms with Crippen molar-refractivity contribution in [3.63, 3.8) is 0 Å². The second kappa shape index (κ2) is 9.86. The van der Waals surface area contributed by atoms with Gasteiger partial charge in [0.15, 0.2) is 6.61 Å². The molecule has 4 rings (SSSR count). The lowest BCUT2D eigenvalue weighted by Crippen LogP contribution is -2.48. The molecule has 0 saturated carbocycles. The summed E-state index contributed by atoms with van der Waals surface area (Å²) in [5, 5.41) is 0. The van der Waals surface area contributed by atoms with Gasteiger partial charge in [-0.3, -0.25) is 9.59 Å². The normalized spacial score (nSPS) is 17.2. The van der Waals surface area contributed by atoms with Crippen LogP contribution in [0.5, 0.6) is 5.75 Å². The number of fused-ring (bicyclic) bond motifs is 1. The third-order valence-corrected chi connectivity index (χ3v) is 5.92. The molecule has 1 aliphatic rings. The molecule has 0 N–H and O–H groups in total. The van der Waals surface area contributed by atoms with Gasteiger partial charge in [0.2, 0.25) is 5.91 Å². The van der Waals surface area contributed by atoms with Gasteiger partial charge in [-0.2, -0.15) is 0 Å². The van der Waals surface area contributed by atoms with Crippen molar-refractivity contribution in [2.24, 2.45) is 0 Å². The highest BCUT2D eigenvalue weighted by atomic mass is 19.1. The molecule has 0 aliphatic carbocycles. The third-order valence-electron chi connectivity index (χ3n) is 5.92. The summed E-state index contributed by atoms with van der Waals surface area (Å²) in [5.74, 6) is -0.0908. The van der Waals surface area contributed by atoms with Crippen LogP contribution in [0.25, 0.3) is 0 Å². The summed E-state index contributed by atoms with van der Waals surface area (Å²) in [6, 6.07) is 22.5. The number of benzene rings is 3. The summed E-state index contributed by atoms with van der Waals surface area (Å²) in [6.45, 7) is 3.68. The summed E-state index contributed by atoms with van der Waals surface area (Å²) < 4.78 is 18.9. The van der Waals surface area contributed by atoms with Gasteiger partial charge >= 0.3 is 0 Å². The maximum Gasteiger partial charge on any atom is 0.265 e. The first-order valence-corrected chi connectivity index (χ1v) is 11.2. The molecule has 0 radical (unpaired) electrons. The van der Waals surface area contributed by atoms with E-state index in [1.165, 1.54) is 24.3 Å². The molecule has 3 aromatic carbocycles. The molecule has 0 fully saturated rings. The van der Waals surface area contributed by atoms with Crippen molar-refractivity contribution in [3.8, 4) is 5.75 Å². The maximum atomic E-state index is 13.5. The first-order chi connectivity index (χ1) is 16.0. The number of rotatable bonds is 6. The predicted molar refractivity (Wildman–Crippen MR) is 127 cm³/mol. The van der Waals surface area contributed by atoms with Crippen molar-refractivity contribution in [1.29, 1.82) is 0 Å². The van der Waals surface area contributed by atoms with Gasteiger partial charge in [-0.25, -0.2) is 4.39 Å². The molecular formula is C27H27FN2O3. The number of amides is 2. The Bertz CT molecular complexity index is 1120. The van der Waals surface area contributed by atoms with E-state index in [2.05, 4.69) is 0 Å². The topological polar surface area (TPSA) is 49.9 Å². The zero-order valence-electron chi connectivity index (χ0n) is 18.8. The van der Waals surface area contributed by atoms with E-state index in [9.17, 15) is 14.0 Å². The largest absolute Gasteiger partial charge is 0.484 e. The van der Waals surface area contributed by atoms with E-state index in [4.69, 9.17) is 4.74 Å². The van der Waals surface area contributed by atoms with Gasteiger partial charge in [-0.15, -0.1) is 0 Å². The smallest absolute Gasteiger partial charge is 0.265 e. The molecule has 1 aliphatic heterocycles. The summed E-state index contributed by atoms with van der Waals surface area (Å²) in [6.07, 6.45) is 1.01. The Morgan fingerprint density at radius 2 is 1.67 bits per heavy atom. The summed E-state index contributed by atoms with van der Waals surface area (Å²) >= 11 is 0. The number of halogens is 1. The lowest BCUT2D eigenvalue weighted by molar-refractivity contribution is -0.121. The minimum absolute atomic E-state index is 0.0608. The molecule has 33 heavy (non-hydrogen) atoms. The number of anilines is 2. The minimum atomic E-state index is -0.362. The molecule has 3 aromatic rings. The number of nitrogens with zero attached hydrogens (tertiary/aromatic N) is 2. The Labute approximate surface area is 193 Å². The number of ether oxygens (including phenoxy) is 1. The first kappa shape index (κ1) is 22.5. The number of carbonyl (C=O) groups excluding carboxylic acids is 2. The fourth-order valence-corrected chi connectivity index (χ4v) is 4.41. The third kappa shape index (κ3) is 4.75. The predicted octanol–water partition coefficient (Wildman–Crippen LogP) is 5.51. The molecule has 2 atom stereocenters. The Balaban J connectivity index is 1.69. The average molecular weight is 447 g/mol. The Morgan fingerprint density at radius 1 is 1.00 bits per heavy atom. The number of hydrogen-bond acceptors (Lipinski definition) is 3. The monoisotopic (exact) mass is 446 g/mol. The van der Waals surface area contributed by atoms with Crippen molar-refractivity contribution in [1.82, 2.24) is 0 Å². The van der Waals surface area contributed by atoms with Crippen LogP contribution in [0.1, 0.15) is 38.3 Å². The van der Waals surface area contributed by atoms with Gasteiger partial charge in [0.1, 0.15) is 11.6 Å². The quantitative estimate of drug-likeness (QED) is 0.501. The summed E-state index contributed by atoms with van der Waals surface area (Å²) in [4.78, 5) is 29.8. The summed E-state index contributed by atoms with van der Waals surface area (Å²) in [7, 11) is 0. The average Bonchev–Trinajstić information content (AvgIpc) is 2.84. The van der Waals surface area contributed by atoms with Gasteiger partial charge in [0.25, 0.3) is 5.91 Å². The van der Waals surface area contributed by atoms with Crippen molar-refractivity contribution >= 4 is 23.2 Å². The van der Waals surface area contributed by atoms with E-state index in [-0.39, 0.29) is 36.3 Å². The van der Waals surface area contributed by atoms with E-state index in [1.807, 2.05) is 73.3 Å². The van der Waals surface area contributed by atoms with Crippen molar-refractivity contribution in [2.45, 2.75) is 38.8 Å². The Kier molecular flexibility index (Phi) is 6.73. The number of hydrogen-bond donors (Lipinski definition) is 0. The van der Waals surface area contributed by atoms with Crippen molar-refractivity contribution in [3.05, 3.63) is 90.2 Å². The number of carbonyl (C=O) groups is 2. The second-order valence-electron chi connectivity index (χ2n) is 8.12. The Morgan fingerprint density at radius 3 is 2.36 bits per heavy atom. The molecule has 0 spiro atoms. The van der Waals surface area contributed by atoms with Crippen LogP contribution in [0, 0.1) is 5.82 Å². The molecule has 5 nitrogen and oxygen atoms in total. The highest BCUT2D eigenvalue weighted by Crippen LogP contribution is 2.42. The van der Waals surface area contributed by atoms with Gasteiger partial charge in [-0.1, -0.05) is 43.3 Å². The molecule has 6 heteroatoms. The molecule has 170 valence electrons. The van der Waals surface area contributed by atoms with Crippen LogP contribution in [0.2, 0.25) is 0 Å². The van der Waals surface area contributed by atoms with Gasteiger partial charge < -0.3 is 14.5 Å². The van der Waals surface area contributed by atoms with Crippen LogP contribution in [0.4, 0.5) is 15.8 Å². The minimum Gasteiger partial charge on any atom is -0.484 e. The van der Waals surface area contributed by atoms with Crippen LogP contribution >= 0.6 is 0 Å². The van der Waals surface area contributed by atoms with Crippen molar-refractivity contribution in [2.75, 3.05) is 16.4 Å². The van der Waals surface area contributed by atoms with Gasteiger partial charge in [-0.05, 0) is 61.4 Å². The van der Waals surface area contributed by atoms with Gasteiger partial charge in [0.05, 0.1) is 6.04 Å². The van der Waals surface area contributed by atoms with Gasteiger partial charge in [0, 0.05) is 23.8 Å². The van der Waals surface area contributed by atoms with E-state index >= 15 is 0 Å². The molecule has 0 unspecified atom stereocenters. The summed E-state index contributed by atoms with van der Waals surface area (Å²) in [5.41, 5.74) is 2.52. The highest BCUT2D eigenvalue weighted by molar-refractivity contribution is 5.98. The van der Waals surface area contributed by atoms with E-state index in [0.29, 0.717) is 18.6 Å².